The van der Waals surface area contributed by atoms with Crippen LogP contribution in [-0.2, 0) is 4.74 Å². The van der Waals surface area contributed by atoms with Crippen molar-refractivity contribution >= 4 is 34.8 Å². The van der Waals surface area contributed by atoms with Crippen LogP contribution in [0.15, 0.2) is 42.5 Å². The number of halogens is 1. The summed E-state index contributed by atoms with van der Waals surface area (Å²) >= 11 is 5.77. The summed E-state index contributed by atoms with van der Waals surface area (Å²) in [6, 6.07) is 10.3. The van der Waals surface area contributed by atoms with Gasteiger partial charge in [-0.1, -0.05) is 23.7 Å². The van der Waals surface area contributed by atoms with Gasteiger partial charge in [0, 0.05) is 24.8 Å². The minimum absolute atomic E-state index is 0.000296. The minimum atomic E-state index is -0.661. The molecule has 0 radical (unpaired) electrons. The number of carbonyl (C=O) groups is 2. The number of anilines is 1. The van der Waals surface area contributed by atoms with Crippen LogP contribution in [0.25, 0.3) is 0 Å². The van der Waals surface area contributed by atoms with E-state index in [1.54, 1.807) is 24.3 Å². The summed E-state index contributed by atoms with van der Waals surface area (Å²) in [5, 5.41) is 16.4. The summed E-state index contributed by atoms with van der Waals surface area (Å²) in [5.41, 5.74) is 0.287. The quantitative estimate of drug-likeness (QED) is 0.567. The van der Waals surface area contributed by atoms with E-state index >= 15 is 0 Å². The van der Waals surface area contributed by atoms with Crippen LogP contribution in [0.1, 0.15) is 33.6 Å². The van der Waals surface area contributed by atoms with E-state index < -0.39 is 10.8 Å². The molecule has 1 unspecified atom stereocenters. The largest absolute Gasteiger partial charge is 0.376 e. The Hall–Kier alpha value is -2.97. The molecule has 2 N–H and O–H groups in total. The summed E-state index contributed by atoms with van der Waals surface area (Å²) < 4.78 is 5.48. The van der Waals surface area contributed by atoms with E-state index in [0.717, 1.165) is 18.9 Å². The minimum Gasteiger partial charge on any atom is -0.376 e. The van der Waals surface area contributed by atoms with Crippen molar-refractivity contribution in [2.75, 3.05) is 18.5 Å². The standard InChI is InChI=1S/C19H18ClN3O5/c20-15-8-7-12(10-17(15)23(26)27)18(24)22-16-6-2-1-5-14(16)19(25)21-11-13-4-3-9-28-13/h1-2,5-8,10,13H,3-4,9,11H2,(H,21,25)(H,22,24). The molecule has 146 valence electrons. The number of benzene rings is 2. The van der Waals surface area contributed by atoms with Crippen LogP contribution < -0.4 is 10.6 Å². The highest BCUT2D eigenvalue weighted by molar-refractivity contribution is 6.32. The molecule has 0 bridgehead atoms. The first-order chi connectivity index (χ1) is 13.5. The van der Waals surface area contributed by atoms with Gasteiger partial charge >= 0.3 is 0 Å². The molecule has 1 heterocycles. The maximum Gasteiger partial charge on any atom is 0.288 e. The first kappa shape index (κ1) is 19.8. The summed E-state index contributed by atoms with van der Waals surface area (Å²) in [6.45, 7) is 1.09. The fraction of sp³-hybridized carbons (Fsp3) is 0.263. The van der Waals surface area contributed by atoms with Gasteiger partial charge < -0.3 is 15.4 Å². The lowest BCUT2D eigenvalue weighted by Crippen LogP contribution is -2.32. The predicted molar refractivity (Wildman–Crippen MR) is 104 cm³/mol. The molecule has 2 aromatic carbocycles. The third-order valence-electron chi connectivity index (χ3n) is 4.34. The number of rotatable bonds is 6. The highest BCUT2D eigenvalue weighted by atomic mass is 35.5. The number of nitrogens with one attached hydrogen (secondary N) is 2. The molecule has 1 saturated heterocycles. The molecule has 2 amide bonds. The van der Waals surface area contributed by atoms with Gasteiger partial charge in [-0.2, -0.15) is 0 Å². The Morgan fingerprint density at radius 3 is 2.71 bits per heavy atom. The van der Waals surface area contributed by atoms with Crippen molar-refractivity contribution in [2.45, 2.75) is 18.9 Å². The Morgan fingerprint density at radius 2 is 2.00 bits per heavy atom. The van der Waals surface area contributed by atoms with Gasteiger partial charge in [0.2, 0.25) is 0 Å². The summed E-state index contributed by atoms with van der Waals surface area (Å²) in [4.78, 5) is 35.4. The topological polar surface area (TPSA) is 111 Å². The molecule has 0 aliphatic carbocycles. The van der Waals surface area contributed by atoms with Gasteiger partial charge in [-0.15, -0.1) is 0 Å². The molecule has 0 spiro atoms. The Bertz CT molecular complexity index is 912. The van der Waals surface area contributed by atoms with Gasteiger partial charge in [-0.05, 0) is 37.1 Å². The molecule has 0 saturated carbocycles. The zero-order valence-electron chi connectivity index (χ0n) is 14.8. The second-order valence-corrected chi connectivity index (χ2v) is 6.68. The van der Waals surface area contributed by atoms with E-state index in [2.05, 4.69) is 10.6 Å². The summed E-state index contributed by atoms with van der Waals surface area (Å²) in [7, 11) is 0. The molecule has 1 atom stereocenters. The number of nitro groups is 1. The summed E-state index contributed by atoms with van der Waals surface area (Å²) in [6.07, 6.45) is 1.87. The van der Waals surface area contributed by atoms with Crippen LogP contribution in [0.4, 0.5) is 11.4 Å². The van der Waals surface area contributed by atoms with Crippen molar-refractivity contribution in [1.29, 1.82) is 0 Å². The van der Waals surface area contributed by atoms with Gasteiger partial charge in [0.1, 0.15) is 5.02 Å². The van der Waals surface area contributed by atoms with Gasteiger partial charge in [-0.3, -0.25) is 19.7 Å². The molecule has 1 aliphatic rings. The highest BCUT2D eigenvalue weighted by Crippen LogP contribution is 2.26. The first-order valence-corrected chi connectivity index (χ1v) is 9.07. The third-order valence-corrected chi connectivity index (χ3v) is 4.66. The third kappa shape index (κ3) is 4.65. The zero-order valence-corrected chi connectivity index (χ0v) is 15.6. The van der Waals surface area contributed by atoms with Crippen molar-refractivity contribution < 1.29 is 19.2 Å². The lowest BCUT2D eigenvalue weighted by molar-refractivity contribution is -0.384. The molecule has 3 rings (SSSR count). The maximum absolute atomic E-state index is 12.5. The number of nitro benzene ring substituents is 1. The Labute approximate surface area is 166 Å². The Morgan fingerprint density at radius 1 is 1.21 bits per heavy atom. The van der Waals surface area contributed by atoms with Crippen LogP contribution in [0.5, 0.6) is 0 Å². The van der Waals surface area contributed by atoms with E-state index in [1.807, 2.05) is 0 Å². The van der Waals surface area contributed by atoms with Crippen molar-refractivity contribution in [3.63, 3.8) is 0 Å². The van der Waals surface area contributed by atoms with Crippen LogP contribution in [-0.4, -0.2) is 36.0 Å². The van der Waals surface area contributed by atoms with Crippen LogP contribution in [0.3, 0.4) is 0 Å². The van der Waals surface area contributed by atoms with E-state index in [1.165, 1.54) is 12.1 Å². The van der Waals surface area contributed by atoms with E-state index in [0.29, 0.717) is 18.8 Å². The normalized spacial score (nSPS) is 15.8. The smallest absolute Gasteiger partial charge is 0.288 e. The number of ether oxygens (including phenoxy) is 1. The SMILES string of the molecule is O=C(Nc1ccccc1C(=O)NCC1CCCO1)c1ccc(Cl)c([N+](=O)[O-])c1. The maximum atomic E-state index is 12.5. The highest BCUT2D eigenvalue weighted by Gasteiger charge is 2.20. The lowest BCUT2D eigenvalue weighted by Gasteiger charge is -2.14. The number of hydrogen-bond acceptors (Lipinski definition) is 5. The Balaban J connectivity index is 1.73. The van der Waals surface area contributed by atoms with Crippen LogP contribution in [0, 0.1) is 10.1 Å². The summed E-state index contributed by atoms with van der Waals surface area (Å²) in [5.74, 6) is -0.923. The lowest BCUT2D eigenvalue weighted by atomic mass is 10.1. The number of hydrogen-bond donors (Lipinski definition) is 2. The number of nitrogens with zero attached hydrogens (tertiary/aromatic N) is 1. The molecule has 1 aliphatic heterocycles. The van der Waals surface area contributed by atoms with Crippen molar-refractivity contribution in [1.82, 2.24) is 5.32 Å². The first-order valence-electron chi connectivity index (χ1n) is 8.70. The number of para-hydroxylation sites is 1. The van der Waals surface area contributed by atoms with Gasteiger partial charge in [0.25, 0.3) is 17.5 Å². The molecule has 0 aromatic heterocycles. The fourth-order valence-corrected chi connectivity index (χ4v) is 3.07. The van der Waals surface area contributed by atoms with E-state index in [-0.39, 0.29) is 33.8 Å². The van der Waals surface area contributed by atoms with Gasteiger partial charge in [0.15, 0.2) is 0 Å². The fourth-order valence-electron chi connectivity index (χ4n) is 2.89. The number of carbonyl (C=O) groups excluding carboxylic acids is 2. The molecule has 8 nitrogen and oxygen atoms in total. The van der Waals surface area contributed by atoms with Crippen molar-refractivity contribution in [3.8, 4) is 0 Å². The van der Waals surface area contributed by atoms with Crippen molar-refractivity contribution in [3.05, 3.63) is 68.7 Å². The van der Waals surface area contributed by atoms with Crippen molar-refractivity contribution in [2.24, 2.45) is 0 Å². The average Bonchev–Trinajstić information content (AvgIpc) is 3.20. The second-order valence-electron chi connectivity index (χ2n) is 6.27. The van der Waals surface area contributed by atoms with Gasteiger partial charge in [-0.25, -0.2) is 0 Å². The molecule has 1 fully saturated rings. The molecular weight excluding hydrogens is 386 g/mol. The molecule has 9 heteroatoms. The van der Waals surface area contributed by atoms with E-state index in [4.69, 9.17) is 16.3 Å². The van der Waals surface area contributed by atoms with Crippen LogP contribution in [0.2, 0.25) is 5.02 Å². The monoisotopic (exact) mass is 403 g/mol. The zero-order chi connectivity index (χ0) is 20.1. The van der Waals surface area contributed by atoms with E-state index in [9.17, 15) is 19.7 Å². The number of amides is 2. The van der Waals surface area contributed by atoms with Gasteiger partial charge in [0.05, 0.1) is 22.3 Å². The Kier molecular flexibility index (Phi) is 6.23. The molecular formula is C19H18ClN3O5. The molecule has 2 aromatic rings. The predicted octanol–water partition coefficient (Wildman–Crippen LogP) is 3.41. The second kappa shape index (κ2) is 8.81. The molecule has 28 heavy (non-hydrogen) atoms. The van der Waals surface area contributed by atoms with Crippen LogP contribution >= 0.6 is 11.6 Å². The average molecular weight is 404 g/mol.